The minimum absolute atomic E-state index is 0.283. The Hall–Kier alpha value is -1.64. The molecule has 0 aliphatic rings. The number of ether oxygens (including phenoxy) is 1. The first-order chi connectivity index (χ1) is 9.93. The first-order valence-electron chi connectivity index (χ1n) is 6.43. The van der Waals surface area contributed by atoms with Gasteiger partial charge in [0.15, 0.2) is 6.61 Å². The van der Waals surface area contributed by atoms with Gasteiger partial charge in [0, 0.05) is 10.1 Å². The molecule has 1 aromatic rings. The Labute approximate surface area is 136 Å². The number of amides is 2. The molecule has 0 bridgehead atoms. The van der Waals surface area contributed by atoms with E-state index in [1.807, 2.05) is 6.07 Å². The Bertz CT molecular complexity index is 533. The molecule has 6 nitrogen and oxygen atoms in total. The second kappa shape index (κ2) is 8.60. The third kappa shape index (κ3) is 6.11. The quantitative estimate of drug-likeness (QED) is 0.549. The number of hydrogen-bond acceptors (Lipinski definition) is 4. The molecule has 114 valence electrons. The molecule has 0 aliphatic carbocycles. The average molecular weight is 404 g/mol. The SMILES string of the molecule is CCNC(=O)[C@@H](C)NC(=O)COC(=O)c1cccc(I)c1. The molecule has 0 heterocycles. The average Bonchev–Trinajstić information content (AvgIpc) is 2.45. The van der Waals surface area contributed by atoms with E-state index in [1.165, 1.54) is 0 Å². The number of carbonyl (C=O) groups excluding carboxylic acids is 3. The van der Waals surface area contributed by atoms with Crippen LogP contribution in [0.1, 0.15) is 24.2 Å². The van der Waals surface area contributed by atoms with Crippen LogP contribution in [0.5, 0.6) is 0 Å². The van der Waals surface area contributed by atoms with Gasteiger partial charge in [-0.3, -0.25) is 9.59 Å². The number of likely N-dealkylation sites (N-methyl/N-ethyl adjacent to an activating group) is 1. The summed E-state index contributed by atoms with van der Waals surface area (Å²) >= 11 is 2.08. The monoisotopic (exact) mass is 404 g/mol. The molecule has 7 heteroatoms. The van der Waals surface area contributed by atoms with Crippen molar-refractivity contribution >= 4 is 40.4 Å². The lowest BCUT2D eigenvalue weighted by atomic mass is 10.2. The maximum atomic E-state index is 11.7. The van der Waals surface area contributed by atoms with Gasteiger partial charge in [-0.25, -0.2) is 4.79 Å². The molecule has 0 aromatic heterocycles. The van der Waals surface area contributed by atoms with Crippen LogP contribution in [0.3, 0.4) is 0 Å². The first-order valence-corrected chi connectivity index (χ1v) is 7.51. The highest BCUT2D eigenvalue weighted by molar-refractivity contribution is 14.1. The van der Waals surface area contributed by atoms with Gasteiger partial charge in [0.1, 0.15) is 6.04 Å². The zero-order chi connectivity index (χ0) is 15.8. The zero-order valence-corrected chi connectivity index (χ0v) is 14.0. The van der Waals surface area contributed by atoms with Crippen LogP contribution in [0.2, 0.25) is 0 Å². The lowest BCUT2D eigenvalue weighted by molar-refractivity contribution is -0.130. The fraction of sp³-hybridized carbons (Fsp3) is 0.357. The molecular formula is C14H17IN2O4. The van der Waals surface area contributed by atoms with Crippen LogP contribution in [-0.4, -0.2) is 37.0 Å². The van der Waals surface area contributed by atoms with Crippen LogP contribution in [0.25, 0.3) is 0 Å². The number of rotatable bonds is 6. The van der Waals surface area contributed by atoms with Crippen LogP contribution < -0.4 is 10.6 Å². The maximum absolute atomic E-state index is 11.7. The van der Waals surface area contributed by atoms with Crippen molar-refractivity contribution in [3.8, 4) is 0 Å². The van der Waals surface area contributed by atoms with Crippen molar-refractivity contribution in [3.05, 3.63) is 33.4 Å². The van der Waals surface area contributed by atoms with E-state index in [9.17, 15) is 14.4 Å². The minimum atomic E-state index is -0.672. The van der Waals surface area contributed by atoms with Gasteiger partial charge in [-0.2, -0.15) is 0 Å². The topological polar surface area (TPSA) is 84.5 Å². The van der Waals surface area contributed by atoms with E-state index in [2.05, 4.69) is 33.2 Å². The highest BCUT2D eigenvalue weighted by Gasteiger charge is 2.16. The molecule has 0 saturated carbocycles. The highest BCUT2D eigenvalue weighted by Crippen LogP contribution is 2.08. The molecule has 0 saturated heterocycles. The highest BCUT2D eigenvalue weighted by atomic mass is 127. The van der Waals surface area contributed by atoms with Gasteiger partial charge in [0.05, 0.1) is 5.56 Å². The van der Waals surface area contributed by atoms with Crippen molar-refractivity contribution in [2.24, 2.45) is 0 Å². The Morgan fingerprint density at radius 2 is 2.05 bits per heavy atom. The van der Waals surface area contributed by atoms with E-state index >= 15 is 0 Å². The van der Waals surface area contributed by atoms with E-state index in [0.29, 0.717) is 12.1 Å². The van der Waals surface area contributed by atoms with Gasteiger partial charge in [0.2, 0.25) is 5.91 Å². The van der Waals surface area contributed by atoms with Crippen LogP contribution >= 0.6 is 22.6 Å². The number of esters is 1. The van der Waals surface area contributed by atoms with Gasteiger partial charge in [-0.05, 0) is 54.6 Å². The number of halogens is 1. The smallest absolute Gasteiger partial charge is 0.338 e. The maximum Gasteiger partial charge on any atom is 0.338 e. The predicted octanol–water partition coefficient (Wildman–Crippen LogP) is 1.09. The molecule has 0 fully saturated rings. The van der Waals surface area contributed by atoms with E-state index in [4.69, 9.17) is 4.74 Å². The number of benzene rings is 1. The van der Waals surface area contributed by atoms with Crippen molar-refractivity contribution in [1.82, 2.24) is 10.6 Å². The lowest BCUT2D eigenvalue weighted by Gasteiger charge is -2.13. The largest absolute Gasteiger partial charge is 0.452 e. The molecule has 0 unspecified atom stereocenters. The van der Waals surface area contributed by atoms with Crippen LogP contribution in [-0.2, 0) is 14.3 Å². The van der Waals surface area contributed by atoms with Crippen molar-refractivity contribution in [2.45, 2.75) is 19.9 Å². The predicted molar refractivity (Wildman–Crippen MR) is 85.7 cm³/mol. The van der Waals surface area contributed by atoms with Crippen LogP contribution in [0.15, 0.2) is 24.3 Å². The van der Waals surface area contributed by atoms with Gasteiger partial charge in [-0.15, -0.1) is 0 Å². The number of hydrogen-bond donors (Lipinski definition) is 2. The number of nitrogens with one attached hydrogen (secondary N) is 2. The first kappa shape index (κ1) is 17.4. The summed E-state index contributed by atoms with van der Waals surface area (Å²) in [6.07, 6.45) is 0. The molecule has 21 heavy (non-hydrogen) atoms. The van der Waals surface area contributed by atoms with Gasteiger partial charge < -0.3 is 15.4 Å². The normalized spacial score (nSPS) is 11.4. The molecule has 2 amide bonds. The molecular weight excluding hydrogens is 387 g/mol. The fourth-order valence-electron chi connectivity index (χ4n) is 1.51. The Morgan fingerprint density at radius 3 is 2.67 bits per heavy atom. The van der Waals surface area contributed by atoms with E-state index in [0.717, 1.165) is 3.57 Å². The molecule has 1 atom stereocenters. The molecule has 1 aromatic carbocycles. The summed E-state index contributed by atoms with van der Waals surface area (Å²) in [6.45, 7) is 3.41. The Kier molecular flexibility index (Phi) is 7.13. The van der Waals surface area contributed by atoms with Crippen molar-refractivity contribution in [3.63, 3.8) is 0 Å². The van der Waals surface area contributed by atoms with Gasteiger partial charge in [0.25, 0.3) is 5.91 Å². The fourth-order valence-corrected chi connectivity index (χ4v) is 2.05. The Morgan fingerprint density at radius 1 is 1.33 bits per heavy atom. The van der Waals surface area contributed by atoms with E-state index in [1.54, 1.807) is 32.0 Å². The zero-order valence-electron chi connectivity index (χ0n) is 11.8. The summed E-state index contributed by atoms with van der Waals surface area (Å²) in [5.41, 5.74) is 0.381. The van der Waals surface area contributed by atoms with Gasteiger partial charge >= 0.3 is 5.97 Å². The molecule has 2 N–H and O–H groups in total. The van der Waals surface area contributed by atoms with Crippen molar-refractivity contribution in [1.29, 1.82) is 0 Å². The summed E-state index contributed by atoms with van der Waals surface area (Å²) < 4.78 is 5.80. The molecule has 0 aliphatic heterocycles. The minimum Gasteiger partial charge on any atom is -0.452 e. The molecule has 0 radical (unpaired) electrons. The third-order valence-electron chi connectivity index (χ3n) is 2.52. The van der Waals surface area contributed by atoms with Crippen LogP contribution in [0, 0.1) is 3.57 Å². The van der Waals surface area contributed by atoms with Crippen LogP contribution in [0.4, 0.5) is 0 Å². The van der Waals surface area contributed by atoms with E-state index in [-0.39, 0.29) is 5.91 Å². The lowest BCUT2D eigenvalue weighted by Crippen LogP contribution is -2.46. The summed E-state index contributed by atoms with van der Waals surface area (Å²) in [5.74, 6) is -1.38. The third-order valence-corrected chi connectivity index (χ3v) is 3.19. The molecule has 0 spiro atoms. The van der Waals surface area contributed by atoms with Crippen molar-refractivity contribution < 1.29 is 19.1 Å². The Balaban J connectivity index is 2.42. The summed E-state index contributed by atoms with van der Waals surface area (Å²) in [7, 11) is 0. The summed E-state index contributed by atoms with van der Waals surface area (Å²) in [4.78, 5) is 34.8. The van der Waals surface area contributed by atoms with Crippen molar-refractivity contribution in [2.75, 3.05) is 13.2 Å². The second-order valence-corrected chi connectivity index (χ2v) is 5.52. The standard InChI is InChI=1S/C14H17IN2O4/c1-3-16-13(19)9(2)17-12(18)8-21-14(20)10-5-4-6-11(15)7-10/h4-7,9H,3,8H2,1-2H3,(H,16,19)(H,17,18)/t9-/m1/s1. The summed E-state index contributed by atoms with van der Waals surface area (Å²) in [6, 6.07) is 6.18. The van der Waals surface area contributed by atoms with E-state index < -0.39 is 24.5 Å². The number of carbonyl (C=O) groups is 3. The van der Waals surface area contributed by atoms with Gasteiger partial charge in [-0.1, -0.05) is 6.07 Å². The molecule has 1 rings (SSSR count). The second-order valence-electron chi connectivity index (χ2n) is 4.27. The summed E-state index contributed by atoms with van der Waals surface area (Å²) in [5, 5.41) is 5.04.